The van der Waals surface area contributed by atoms with Crippen LogP contribution in [0.15, 0.2) is 60.7 Å². The average Bonchev–Trinajstić information content (AvgIpc) is 2.44. The minimum absolute atomic E-state index is 0.637. The zero-order chi connectivity index (χ0) is 13.7. The molecule has 0 radical (unpaired) electrons. The Hall–Kier alpha value is -2.74. The minimum atomic E-state index is 0.637. The molecule has 0 bridgehead atoms. The molecule has 4 rings (SSSR count). The first-order valence-corrected chi connectivity index (χ1v) is 6.62. The summed E-state index contributed by atoms with van der Waals surface area (Å²) in [5.41, 5.74) is 13.1. The average molecular weight is 258 g/mol. The molecule has 4 N–H and O–H groups in total. The molecular weight excluding hydrogens is 244 g/mol. The molecule has 0 aliphatic rings. The van der Waals surface area contributed by atoms with Crippen LogP contribution in [0, 0.1) is 0 Å². The van der Waals surface area contributed by atoms with Crippen LogP contribution in [0.5, 0.6) is 0 Å². The molecule has 0 unspecified atom stereocenters. The highest BCUT2D eigenvalue weighted by Gasteiger charge is 2.03. The standard InChI is InChI=1S/C18H14N2/c19-17-9-15-7-13-5-11-3-1-2-4-12(11)6-14(13)8-16(15)10-18(17)20/h1-10H,19-20H2. The van der Waals surface area contributed by atoms with Gasteiger partial charge in [0.15, 0.2) is 0 Å². The molecule has 4 aromatic rings. The summed E-state index contributed by atoms with van der Waals surface area (Å²) < 4.78 is 0. The zero-order valence-corrected chi connectivity index (χ0v) is 10.9. The van der Waals surface area contributed by atoms with Gasteiger partial charge in [-0.25, -0.2) is 0 Å². The van der Waals surface area contributed by atoms with E-state index in [0.717, 1.165) is 10.8 Å². The number of benzene rings is 4. The van der Waals surface area contributed by atoms with Crippen molar-refractivity contribution in [3.63, 3.8) is 0 Å². The Labute approximate surface area is 116 Å². The van der Waals surface area contributed by atoms with Crippen molar-refractivity contribution in [2.24, 2.45) is 0 Å². The van der Waals surface area contributed by atoms with Gasteiger partial charge in [0.05, 0.1) is 11.4 Å². The molecule has 0 spiro atoms. The van der Waals surface area contributed by atoms with Gasteiger partial charge >= 0.3 is 0 Å². The first kappa shape index (κ1) is 11.1. The van der Waals surface area contributed by atoms with Gasteiger partial charge in [0, 0.05) is 0 Å². The summed E-state index contributed by atoms with van der Waals surface area (Å²) in [7, 11) is 0. The number of nitrogen functional groups attached to an aromatic ring is 2. The number of rotatable bonds is 0. The molecule has 0 saturated heterocycles. The lowest BCUT2D eigenvalue weighted by Crippen LogP contribution is -1.94. The van der Waals surface area contributed by atoms with Crippen molar-refractivity contribution in [2.45, 2.75) is 0 Å². The Morgan fingerprint density at radius 2 is 0.800 bits per heavy atom. The fraction of sp³-hybridized carbons (Fsp3) is 0. The van der Waals surface area contributed by atoms with Crippen LogP contribution in [0.3, 0.4) is 0 Å². The fourth-order valence-corrected chi connectivity index (χ4v) is 2.78. The molecular formula is C18H14N2. The van der Waals surface area contributed by atoms with E-state index < -0.39 is 0 Å². The van der Waals surface area contributed by atoms with Gasteiger partial charge in [0.1, 0.15) is 0 Å². The summed E-state index contributed by atoms with van der Waals surface area (Å²) >= 11 is 0. The Morgan fingerprint density at radius 3 is 1.25 bits per heavy atom. The van der Waals surface area contributed by atoms with E-state index in [1.807, 2.05) is 12.1 Å². The largest absolute Gasteiger partial charge is 0.397 e. The molecule has 20 heavy (non-hydrogen) atoms. The molecule has 2 heteroatoms. The van der Waals surface area contributed by atoms with Crippen LogP contribution in [-0.2, 0) is 0 Å². The van der Waals surface area contributed by atoms with Gasteiger partial charge < -0.3 is 11.5 Å². The predicted molar refractivity (Wildman–Crippen MR) is 87.8 cm³/mol. The molecule has 0 amide bonds. The van der Waals surface area contributed by atoms with Crippen LogP contribution in [0.4, 0.5) is 11.4 Å². The first-order valence-electron chi connectivity index (χ1n) is 6.62. The molecule has 0 heterocycles. The maximum absolute atomic E-state index is 5.90. The van der Waals surface area contributed by atoms with Gasteiger partial charge in [-0.2, -0.15) is 0 Å². The zero-order valence-electron chi connectivity index (χ0n) is 10.9. The summed E-state index contributed by atoms with van der Waals surface area (Å²) in [4.78, 5) is 0. The maximum Gasteiger partial charge on any atom is 0.0554 e. The lowest BCUT2D eigenvalue weighted by atomic mass is 9.99. The highest BCUT2D eigenvalue weighted by atomic mass is 14.7. The SMILES string of the molecule is Nc1cc2cc3cc4ccccc4cc3cc2cc1N. The quantitative estimate of drug-likeness (QED) is 0.365. The Bertz CT molecular complexity index is 891. The van der Waals surface area contributed by atoms with E-state index in [9.17, 15) is 0 Å². The molecule has 96 valence electrons. The smallest absolute Gasteiger partial charge is 0.0554 e. The second-order valence-corrected chi connectivity index (χ2v) is 5.23. The predicted octanol–water partition coefficient (Wildman–Crippen LogP) is 4.31. The number of fused-ring (bicyclic) bond motifs is 3. The van der Waals surface area contributed by atoms with Gasteiger partial charge in [-0.15, -0.1) is 0 Å². The molecule has 4 aromatic carbocycles. The van der Waals surface area contributed by atoms with Crippen molar-refractivity contribution in [1.82, 2.24) is 0 Å². The Kier molecular flexibility index (Phi) is 2.15. The monoisotopic (exact) mass is 258 g/mol. The summed E-state index contributed by atoms with van der Waals surface area (Å²) in [6.07, 6.45) is 0. The highest BCUT2D eigenvalue weighted by Crippen LogP contribution is 2.30. The fourth-order valence-electron chi connectivity index (χ4n) is 2.78. The van der Waals surface area contributed by atoms with Gasteiger partial charge in [0.2, 0.25) is 0 Å². The Morgan fingerprint density at radius 1 is 0.450 bits per heavy atom. The normalized spacial score (nSPS) is 11.4. The van der Waals surface area contributed by atoms with E-state index in [1.165, 1.54) is 21.5 Å². The molecule has 0 saturated carbocycles. The van der Waals surface area contributed by atoms with Crippen molar-refractivity contribution in [1.29, 1.82) is 0 Å². The summed E-state index contributed by atoms with van der Waals surface area (Å²) in [5.74, 6) is 0. The Balaban J connectivity index is 2.15. The van der Waals surface area contributed by atoms with E-state index in [2.05, 4.69) is 48.5 Å². The van der Waals surface area contributed by atoms with Crippen molar-refractivity contribution in [2.75, 3.05) is 11.5 Å². The van der Waals surface area contributed by atoms with E-state index in [1.54, 1.807) is 0 Å². The number of hydrogen-bond acceptors (Lipinski definition) is 2. The first-order chi connectivity index (χ1) is 9.70. The molecule has 2 nitrogen and oxygen atoms in total. The van der Waals surface area contributed by atoms with E-state index in [0.29, 0.717) is 11.4 Å². The molecule has 0 atom stereocenters. The lowest BCUT2D eigenvalue weighted by Gasteiger charge is -2.07. The van der Waals surface area contributed by atoms with E-state index in [4.69, 9.17) is 11.5 Å². The highest BCUT2D eigenvalue weighted by molar-refractivity contribution is 6.06. The van der Waals surface area contributed by atoms with Crippen LogP contribution in [0.1, 0.15) is 0 Å². The third kappa shape index (κ3) is 1.58. The van der Waals surface area contributed by atoms with E-state index in [-0.39, 0.29) is 0 Å². The van der Waals surface area contributed by atoms with Gasteiger partial charge in [0.25, 0.3) is 0 Å². The topological polar surface area (TPSA) is 52.0 Å². The molecule has 0 fully saturated rings. The van der Waals surface area contributed by atoms with Gasteiger partial charge in [-0.3, -0.25) is 0 Å². The second-order valence-electron chi connectivity index (χ2n) is 5.23. The van der Waals surface area contributed by atoms with Crippen LogP contribution in [0.2, 0.25) is 0 Å². The molecule has 0 aromatic heterocycles. The van der Waals surface area contributed by atoms with Crippen LogP contribution in [-0.4, -0.2) is 0 Å². The van der Waals surface area contributed by atoms with E-state index >= 15 is 0 Å². The third-order valence-corrected chi connectivity index (χ3v) is 3.86. The van der Waals surface area contributed by atoms with Crippen molar-refractivity contribution < 1.29 is 0 Å². The number of anilines is 2. The van der Waals surface area contributed by atoms with Crippen molar-refractivity contribution in [3.05, 3.63) is 60.7 Å². The number of nitrogens with two attached hydrogens (primary N) is 2. The summed E-state index contributed by atoms with van der Waals surface area (Å²) in [5, 5.41) is 7.20. The summed E-state index contributed by atoms with van der Waals surface area (Å²) in [6, 6.07) is 21.1. The van der Waals surface area contributed by atoms with Gasteiger partial charge in [-0.1, -0.05) is 24.3 Å². The van der Waals surface area contributed by atoms with Gasteiger partial charge in [-0.05, 0) is 68.7 Å². The van der Waals surface area contributed by atoms with Crippen molar-refractivity contribution in [3.8, 4) is 0 Å². The molecule has 0 aliphatic heterocycles. The maximum atomic E-state index is 5.90. The van der Waals surface area contributed by atoms with Crippen LogP contribution in [0.25, 0.3) is 32.3 Å². The minimum Gasteiger partial charge on any atom is -0.397 e. The summed E-state index contributed by atoms with van der Waals surface area (Å²) in [6.45, 7) is 0. The third-order valence-electron chi connectivity index (χ3n) is 3.86. The second kappa shape index (κ2) is 3.87. The van der Waals surface area contributed by atoms with Crippen molar-refractivity contribution >= 4 is 43.7 Å². The molecule has 0 aliphatic carbocycles. The number of hydrogen-bond donors (Lipinski definition) is 2. The van der Waals surface area contributed by atoms with Crippen LogP contribution >= 0.6 is 0 Å². The van der Waals surface area contributed by atoms with Crippen LogP contribution < -0.4 is 11.5 Å². The lowest BCUT2D eigenvalue weighted by molar-refractivity contribution is 1.72.